The summed E-state index contributed by atoms with van der Waals surface area (Å²) in [5, 5.41) is 19.0. The molecule has 0 spiro atoms. The van der Waals surface area contributed by atoms with Crippen LogP contribution in [0.5, 0.6) is 0 Å². The van der Waals surface area contributed by atoms with Crippen LogP contribution in [0.15, 0.2) is 17.5 Å². The highest BCUT2D eigenvalue weighted by Gasteiger charge is 2.30. The second kappa shape index (κ2) is 7.41. The van der Waals surface area contributed by atoms with Crippen molar-refractivity contribution in [2.24, 2.45) is 0 Å². The summed E-state index contributed by atoms with van der Waals surface area (Å²) in [7, 11) is 0. The summed E-state index contributed by atoms with van der Waals surface area (Å²) in [5.74, 6) is -1.12. The normalized spacial score (nSPS) is 12.4. The zero-order valence-electron chi connectivity index (χ0n) is 10.4. The third-order valence-electron chi connectivity index (χ3n) is 2.37. The highest BCUT2D eigenvalue weighted by Crippen LogP contribution is 2.23. The molecule has 4 nitrogen and oxygen atoms in total. The maximum Gasteiger partial charge on any atom is 0.401 e. The Hall–Kier alpha value is -1.38. The van der Waals surface area contributed by atoms with Gasteiger partial charge in [0.15, 0.2) is 0 Å². The van der Waals surface area contributed by atoms with E-state index >= 15 is 0 Å². The Labute approximate surface area is 117 Å². The summed E-state index contributed by atoms with van der Waals surface area (Å²) < 4.78 is 37.2. The molecule has 0 aliphatic heterocycles. The summed E-state index contributed by atoms with van der Waals surface area (Å²) in [4.78, 5) is 12.1. The topological polar surface area (TPSA) is 60.8 Å². The van der Waals surface area contributed by atoms with Gasteiger partial charge in [0, 0.05) is 24.0 Å². The minimum absolute atomic E-state index is 0.0109. The molecule has 20 heavy (non-hydrogen) atoms. The van der Waals surface area contributed by atoms with Crippen LogP contribution in [0.1, 0.15) is 10.4 Å². The molecule has 0 amide bonds. The molecule has 2 N–H and O–H groups in total. The quantitative estimate of drug-likeness (QED) is 0.758. The molecule has 0 atom stereocenters. The van der Waals surface area contributed by atoms with Crippen LogP contribution in [-0.2, 0) is 11.3 Å². The van der Waals surface area contributed by atoms with Crippen LogP contribution in [-0.4, -0.2) is 47.0 Å². The fourth-order valence-corrected chi connectivity index (χ4v) is 2.51. The van der Waals surface area contributed by atoms with Gasteiger partial charge >= 0.3 is 12.1 Å². The standard InChI is InChI=1S/C12H14F3NO3S/c13-12(14,15)8-16(4-5-17)7-10-9(3-6-20-10)1-2-11(18)19/h1-3,6,17H,4-5,7-8H2,(H,18,19)/b2-1+. The predicted octanol–water partition coefficient (Wildman–Crippen LogP) is 2.20. The van der Waals surface area contributed by atoms with E-state index in [1.54, 1.807) is 11.4 Å². The van der Waals surface area contributed by atoms with Gasteiger partial charge in [-0.2, -0.15) is 13.2 Å². The van der Waals surface area contributed by atoms with Gasteiger partial charge in [-0.05, 0) is 23.1 Å². The van der Waals surface area contributed by atoms with Crippen LogP contribution >= 0.6 is 11.3 Å². The van der Waals surface area contributed by atoms with Gasteiger partial charge in [0.25, 0.3) is 0 Å². The van der Waals surface area contributed by atoms with Crippen molar-refractivity contribution in [1.29, 1.82) is 0 Å². The number of halogens is 3. The van der Waals surface area contributed by atoms with Crippen molar-refractivity contribution in [2.45, 2.75) is 12.7 Å². The molecule has 0 fully saturated rings. The van der Waals surface area contributed by atoms with Crippen LogP contribution in [0.4, 0.5) is 13.2 Å². The molecule has 0 unspecified atom stereocenters. The fraction of sp³-hybridized carbons (Fsp3) is 0.417. The summed E-state index contributed by atoms with van der Waals surface area (Å²) in [6.45, 7) is -1.58. The molecule has 1 aromatic heterocycles. The van der Waals surface area contributed by atoms with Crippen LogP contribution in [0.3, 0.4) is 0 Å². The highest BCUT2D eigenvalue weighted by atomic mass is 32.1. The number of aliphatic hydroxyl groups excluding tert-OH is 1. The van der Waals surface area contributed by atoms with Gasteiger partial charge in [0.05, 0.1) is 13.2 Å². The summed E-state index contributed by atoms with van der Waals surface area (Å²) >= 11 is 1.25. The molecular formula is C12H14F3NO3S. The van der Waals surface area contributed by atoms with Crippen molar-refractivity contribution in [3.05, 3.63) is 28.0 Å². The van der Waals surface area contributed by atoms with E-state index in [0.29, 0.717) is 10.4 Å². The van der Waals surface area contributed by atoms with E-state index in [1.807, 2.05) is 0 Å². The molecule has 1 aromatic rings. The lowest BCUT2D eigenvalue weighted by atomic mass is 10.2. The molecule has 0 saturated heterocycles. The molecule has 0 radical (unpaired) electrons. The highest BCUT2D eigenvalue weighted by molar-refractivity contribution is 7.10. The van der Waals surface area contributed by atoms with Crippen molar-refractivity contribution in [1.82, 2.24) is 4.90 Å². The molecule has 1 heterocycles. The number of thiophene rings is 1. The van der Waals surface area contributed by atoms with Crippen molar-refractivity contribution < 1.29 is 28.2 Å². The number of carbonyl (C=O) groups is 1. The van der Waals surface area contributed by atoms with Gasteiger partial charge in [-0.3, -0.25) is 4.90 Å². The van der Waals surface area contributed by atoms with Crippen molar-refractivity contribution >= 4 is 23.4 Å². The van der Waals surface area contributed by atoms with Gasteiger partial charge in [0.1, 0.15) is 0 Å². The number of hydrogen-bond donors (Lipinski definition) is 2. The minimum Gasteiger partial charge on any atom is -0.478 e. The minimum atomic E-state index is -4.34. The predicted molar refractivity (Wildman–Crippen MR) is 69.4 cm³/mol. The number of alkyl halides is 3. The smallest absolute Gasteiger partial charge is 0.401 e. The number of rotatable bonds is 7. The summed E-state index contributed by atoms with van der Waals surface area (Å²) in [5.41, 5.74) is 0.572. The second-order valence-electron chi connectivity index (χ2n) is 4.02. The monoisotopic (exact) mass is 309 g/mol. The van der Waals surface area contributed by atoms with Crippen molar-refractivity contribution in [2.75, 3.05) is 19.7 Å². The molecule has 0 saturated carbocycles. The van der Waals surface area contributed by atoms with Crippen molar-refractivity contribution in [3.63, 3.8) is 0 Å². The zero-order chi connectivity index (χ0) is 15.2. The van der Waals surface area contributed by atoms with Gasteiger partial charge in [-0.1, -0.05) is 0 Å². The number of carboxylic acids is 1. The van der Waals surface area contributed by atoms with E-state index in [4.69, 9.17) is 10.2 Å². The third-order valence-corrected chi connectivity index (χ3v) is 3.29. The van der Waals surface area contributed by atoms with Gasteiger partial charge in [-0.15, -0.1) is 11.3 Å². The Bertz CT molecular complexity index is 471. The molecule has 0 bridgehead atoms. The largest absolute Gasteiger partial charge is 0.478 e. The molecular weight excluding hydrogens is 295 g/mol. The molecule has 8 heteroatoms. The first kappa shape index (κ1) is 16.7. The Morgan fingerprint density at radius 1 is 1.45 bits per heavy atom. The lowest BCUT2D eigenvalue weighted by molar-refractivity contribution is -0.147. The average Bonchev–Trinajstić information content (AvgIpc) is 2.72. The molecule has 1 rings (SSSR count). The number of carboxylic acid groups (broad SMARTS) is 1. The van der Waals surface area contributed by atoms with Crippen LogP contribution in [0, 0.1) is 0 Å². The Morgan fingerprint density at radius 2 is 2.15 bits per heavy atom. The van der Waals surface area contributed by atoms with Crippen molar-refractivity contribution in [3.8, 4) is 0 Å². The van der Waals surface area contributed by atoms with E-state index in [1.165, 1.54) is 17.4 Å². The summed E-state index contributed by atoms with van der Waals surface area (Å²) in [6, 6.07) is 1.64. The first-order valence-electron chi connectivity index (χ1n) is 5.69. The van der Waals surface area contributed by atoms with Gasteiger partial charge in [-0.25, -0.2) is 4.79 Å². The third kappa shape index (κ3) is 6.18. The van der Waals surface area contributed by atoms with E-state index in [0.717, 1.165) is 11.0 Å². The Morgan fingerprint density at radius 3 is 2.70 bits per heavy atom. The van der Waals surface area contributed by atoms with Crippen LogP contribution in [0.25, 0.3) is 6.08 Å². The number of hydrogen-bond acceptors (Lipinski definition) is 4. The Balaban J connectivity index is 2.78. The van der Waals surface area contributed by atoms with E-state index in [9.17, 15) is 18.0 Å². The maximum atomic E-state index is 12.4. The molecule has 0 aliphatic rings. The van der Waals surface area contributed by atoms with Gasteiger partial charge < -0.3 is 10.2 Å². The molecule has 0 aliphatic carbocycles. The zero-order valence-corrected chi connectivity index (χ0v) is 11.2. The molecule has 0 aromatic carbocycles. The maximum absolute atomic E-state index is 12.4. The first-order chi connectivity index (χ1) is 9.31. The first-order valence-corrected chi connectivity index (χ1v) is 6.57. The number of aliphatic hydroxyl groups is 1. The van der Waals surface area contributed by atoms with E-state index in [-0.39, 0.29) is 19.7 Å². The molecule has 112 valence electrons. The average molecular weight is 309 g/mol. The number of nitrogens with zero attached hydrogens (tertiary/aromatic N) is 1. The van der Waals surface area contributed by atoms with Crippen LogP contribution < -0.4 is 0 Å². The Kier molecular flexibility index (Phi) is 6.18. The number of aliphatic carboxylic acids is 1. The van der Waals surface area contributed by atoms with Gasteiger partial charge in [0.2, 0.25) is 0 Å². The van der Waals surface area contributed by atoms with E-state index in [2.05, 4.69) is 0 Å². The second-order valence-corrected chi connectivity index (χ2v) is 5.02. The van der Waals surface area contributed by atoms with Crippen LogP contribution in [0.2, 0.25) is 0 Å². The fourth-order valence-electron chi connectivity index (χ4n) is 1.60. The van der Waals surface area contributed by atoms with E-state index < -0.39 is 18.7 Å². The lowest BCUT2D eigenvalue weighted by Gasteiger charge is -2.22. The lowest BCUT2D eigenvalue weighted by Crippen LogP contribution is -2.35. The summed E-state index contributed by atoms with van der Waals surface area (Å²) in [6.07, 6.45) is -2.06. The SMILES string of the molecule is O=C(O)/C=C/c1ccsc1CN(CCO)CC(F)(F)F.